The van der Waals surface area contributed by atoms with Gasteiger partial charge < -0.3 is 10.2 Å². The first kappa shape index (κ1) is 33.4. The van der Waals surface area contributed by atoms with E-state index >= 15 is 0 Å². The third-order valence-electron chi connectivity index (χ3n) is 6.91. The molecule has 0 bridgehead atoms. The van der Waals surface area contributed by atoms with Crippen molar-refractivity contribution < 1.29 is 18.0 Å². The van der Waals surface area contributed by atoms with Gasteiger partial charge >= 0.3 is 0 Å². The number of hydrogen-bond donors (Lipinski definition) is 1. The summed E-state index contributed by atoms with van der Waals surface area (Å²) >= 11 is 12.6. The van der Waals surface area contributed by atoms with Crippen LogP contribution in [-0.2, 0) is 26.2 Å². The molecule has 0 heterocycles. The van der Waals surface area contributed by atoms with Crippen molar-refractivity contribution in [3.05, 3.63) is 93.5 Å². The Bertz CT molecular complexity index is 1490. The number of benzene rings is 3. The molecule has 0 aromatic heterocycles. The van der Waals surface area contributed by atoms with Crippen LogP contribution < -0.4 is 9.62 Å². The van der Waals surface area contributed by atoms with Gasteiger partial charge in [-0.3, -0.25) is 13.9 Å². The topological polar surface area (TPSA) is 86.8 Å². The molecular formula is C32H39Cl2N3O4S. The second kappa shape index (κ2) is 14.4. The van der Waals surface area contributed by atoms with Crippen LogP contribution in [0, 0.1) is 6.92 Å². The Balaban J connectivity index is 2.10. The molecule has 0 spiro atoms. The Morgan fingerprint density at radius 1 is 0.905 bits per heavy atom. The van der Waals surface area contributed by atoms with Crippen molar-refractivity contribution in [1.82, 2.24) is 10.2 Å². The normalized spacial score (nSPS) is 12.3. The van der Waals surface area contributed by atoms with Crippen molar-refractivity contribution in [2.75, 3.05) is 10.8 Å². The largest absolute Gasteiger partial charge is 0.352 e. The van der Waals surface area contributed by atoms with Crippen molar-refractivity contribution in [2.45, 2.75) is 77.4 Å². The molecule has 3 rings (SSSR count). The van der Waals surface area contributed by atoms with Crippen molar-refractivity contribution >= 4 is 50.7 Å². The highest BCUT2D eigenvalue weighted by Gasteiger charge is 2.34. The van der Waals surface area contributed by atoms with Gasteiger partial charge in [-0.05, 0) is 80.6 Å². The van der Waals surface area contributed by atoms with Crippen LogP contribution in [0.25, 0.3) is 0 Å². The van der Waals surface area contributed by atoms with E-state index in [2.05, 4.69) is 5.32 Å². The summed E-state index contributed by atoms with van der Waals surface area (Å²) in [6, 6.07) is 17.5. The Morgan fingerprint density at radius 3 is 2.05 bits per heavy atom. The molecule has 0 unspecified atom stereocenters. The maximum Gasteiger partial charge on any atom is 0.264 e. The van der Waals surface area contributed by atoms with Gasteiger partial charge in [0.2, 0.25) is 11.8 Å². The summed E-state index contributed by atoms with van der Waals surface area (Å²) in [4.78, 5) is 28.9. The average molecular weight is 633 g/mol. The fourth-order valence-electron chi connectivity index (χ4n) is 4.53. The highest BCUT2D eigenvalue weighted by Crippen LogP contribution is 2.28. The zero-order chi connectivity index (χ0) is 31.2. The molecule has 10 heteroatoms. The van der Waals surface area contributed by atoms with Crippen molar-refractivity contribution in [2.24, 2.45) is 0 Å². The quantitative estimate of drug-likeness (QED) is 0.234. The molecule has 0 saturated carbocycles. The summed E-state index contributed by atoms with van der Waals surface area (Å²) < 4.78 is 29.2. The van der Waals surface area contributed by atoms with Crippen molar-refractivity contribution in [3.63, 3.8) is 0 Å². The lowest BCUT2D eigenvalue weighted by Gasteiger charge is -2.33. The minimum absolute atomic E-state index is 0.0104. The maximum atomic E-state index is 14.2. The van der Waals surface area contributed by atoms with E-state index in [4.69, 9.17) is 23.2 Å². The number of aryl methyl sites for hydroxylation is 1. The number of halogens is 2. The summed E-state index contributed by atoms with van der Waals surface area (Å²) in [6.07, 6.45) is 0.309. The van der Waals surface area contributed by atoms with Crippen LogP contribution in [0.2, 0.25) is 10.0 Å². The summed E-state index contributed by atoms with van der Waals surface area (Å²) in [5.74, 6) is -0.636. The molecule has 0 aliphatic carbocycles. The zero-order valence-electron chi connectivity index (χ0n) is 24.9. The van der Waals surface area contributed by atoms with Gasteiger partial charge in [-0.15, -0.1) is 0 Å². The fourth-order valence-corrected chi connectivity index (χ4v) is 6.41. The van der Waals surface area contributed by atoms with Gasteiger partial charge in [0.15, 0.2) is 0 Å². The molecule has 3 aromatic carbocycles. The lowest BCUT2D eigenvalue weighted by molar-refractivity contribution is -0.140. The monoisotopic (exact) mass is 631 g/mol. The lowest BCUT2D eigenvalue weighted by atomic mass is 10.0. The third-order valence-corrected chi connectivity index (χ3v) is 9.28. The van der Waals surface area contributed by atoms with E-state index in [1.165, 1.54) is 17.0 Å². The van der Waals surface area contributed by atoms with E-state index < -0.39 is 28.5 Å². The van der Waals surface area contributed by atoms with Crippen molar-refractivity contribution in [1.29, 1.82) is 0 Å². The zero-order valence-corrected chi connectivity index (χ0v) is 27.2. The van der Waals surface area contributed by atoms with Gasteiger partial charge in [0.05, 0.1) is 10.6 Å². The average Bonchev–Trinajstić information content (AvgIpc) is 2.92. The summed E-state index contributed by atoms with van der Waals surface area (Å²) in [6.45, 7) is 10.9. The van der Waals surface area contributed by atoms with Crippen molar-refractivity contribution in [3.8, 4) is 0 Å². The van der Waals surface area contributed by atoms with Crippen LogP contribution in [0.15, 0.2) is 71.6 Å². The van der Waals surface area contributed by atoms with Crippen LogP contribution in [0.4, 0.5) is 5.69 Å². The molecule has 0 radical (unpaired) electrons. The standard InChI is InChI=1S/C32H39Cl2N3O4S/c1-7-30(32(39)35-22(4)5)36(19-25-10-13-26(33)18-29(25)34)31(38)20-37(27-14-11-24(12-15-27)21(2)3)42(40,41)28-16-8-23(6)9-17-28/h8-18,21-22,30H,7,19-20H2,1-6H3,(H,35,39)/t30-/m1/s1. The molecule has 1 N–H and O–H groups in total. The van der Waals surface area contributed by atoms with E-state index in [1.54, 1.807) is 49.4 Å². The number of carbonyl (C=O) groups is 2. The second-order valence-electron chi connectivity index (χ2n) is 10.9. The highest BCUT2D eigenvalue weighted by atomic mass is 35.5. The predicted molar refractivity (Wildman–Crippen MR) is 171 cm³/mol. The van der Waals surface area contributed by atoms with Gasteiger partial charge in [-0.2, -0.15) is 0 Å². The Hall–Kier alpha value is -3.07. The molecule has 2 amide bonds. The molecule has 226 valence electrons. The van der Waals surface area contributed by atoms with Gasteiger partial charge in [-0.1, -0.05) is 79.9 Å². The number of nitrogens with zero attached hydrogens (tertiary/aromatic N) is 2. The first-order valence-electron chi connectivity index (χ1n) is 14.0. The number of anilines is 1. The number of sulfonamides is 1. The smallest absolute Gasteiger partial charge is 0.264 e. The Kier molecular flexibility index (Phi) is 11.5. The molecule has 3 aromatic rings. The number of nitrogens with one attached hydrogen (secondary N) is 1. The van der Waals surface area contributed by atoms with Gasteiger partial charge in [0.25, 0.3) is 10.0 Å². The summed E-state index contributed by atoms with van der Waals surface area (Å²) in [7, 11) is -4.15. The van der Waals surface area contributed by atoms with Gasteiger partial charge in [-0.25, -0.2) is 8.42 Å². The molecule has 0 aliphatic rings. The minimum Gasteiger partial charge on any atom is -0.352 e. The number of hydrogen-bond acceptors (Lipinski definition) is 4. The van der Waals surface area contributed by atoms with E-state index in [-0.39, 0.29) is 29.3 Å². The first-order valence-corrected chi connectivity index (χ1v) is 16.2. The third kappa shape index (κ3) is 8.27. The maximum absolute atomic E-state index is 14.2. The Morgan fingerprint density at radius 2 is 1.52 bits per heavy atom. The van der Waals surface area contributed by atoms with E-state index in [0.717, 1.165) is 15.4 Å². The number of rotatable bonds is 12. The van der Waals surface area contributed by atoms with Crippen LogP contribution >= 0.6 is 23.2 Å². The summed E-state index contributed by atoms with van der Waals surface area (Å²) in [5, 5.41) is 3.66. The Labute approximate surface area is 259 Å². The van der Waals surface area contributed by atoms with E-state index in [1.807, 2.05) is 46.8 Å². The predicted octanol–water partition coefficient (Wildman–Crippen LogP) is 6.95. The van der Waals surface area contributed by atoms with E-state index in [9.17, 15) is 18.0 Å². The molecule has 42 heavy (non-hydrogen) atoms. The fraction of sp³-hybridized carbons (Fsp3) is 0.375. The van der Waals surface area contributed by atoms with E-state index in [0.29, 0.717) is 27.7 Å². The van der Waals surface area contributed by atoms with Crippen LogP contribution in [0.3, 0.4) is 0 Å². The number of carbonyl (C=O) groups excluding carboxylic acids is 2. The molecule has 0 saturated heterocycles. The van der Waals surface area contributed by atoms with Crippen LogP contribution in [-0.4, -0.2) is 43.8 Å². The molecule has 0 fully saturated rings. The van der Waals surface area contributed by atoms with Gasteiger partial charge in [0, 0.05) is 22.6 Å². The summed E-state index contributed by atoms with van der Waals surface area (Å²) in [5.41, 5.74) is 2.87. The number of amides is 2. The second-order valence-corrected chi connectivity index (χ2v) is 13.6. The first-order chi connectivity index (χ1) is 19.7. The molecule has 1 atom stereocenters. The van der Waals surface area contributed by atoms with Crippen LogP contribution in [0.5, 0.6) is 0 Å². The lowest BCUT2D eigenvalue weighted by Crippen LogP contribution is -2.53. The van der Waals surface area contributed by atoms with Crippen LogP contribution in [0.1, 0.15) is 63.6 Å². The molecular weight excluding hydrogens is 593 g/mol. The van der Waals surface area contributed by atoms with Gasteiger partial charge in [0.1, 0.15) is 12.6 Å². The minimum atomic E-state index is -4.15. The molecule has 0 aliphatic heterocycles. The molecule has 7 nitrogen and oxygen atoms in total. The SMILES string of the molecule is CC[C@H](C(=O)NC(C)C)N(Cc1ccc(Cl)cc1Cl)C(=O)CN(c1ccc(C(C)C)cc1)S(=O)(=O)c1ccc(C)cc1. The highest BCUT2D eigenvalue weighted by molar-refractivity contribution is 7.92.